The van der Waals surface area contributed by atoms with Crippen LogP contribution in [0.1, 0.15) is 20.3 Å². The first-order chi connectivity index (χ1) is 5.31. The lowest BCUT2D eigenvalue weighted by Crippen LogP contribution is -2.20. The number of hydrogen-bond acceptors (Lipinski definition) is 1. The zero-order chi connectivity index (χ0) is 9.78. The van der Waals surface area contributed by atoms with E-state index in [1.807, 2.05) is 13.8 Å². The second kappa shape index (κ2) is 4.97. The molecule has 0 aliphatic heterocycles. The largest absolute Gasteiger partial charge is 0.616 e. The topological polar surface area (TPSA) is 23.1 Å². The molecule has 1 atom stereocenters. The maximum absolute atomic E-state index is 11.6. The lowest BCUT2D eigenvalue weighted by molar-refractivity contribution is -0.129. The van der Waals surface area contributed by atoms with Crippen LogP contribution in [0.5, 0.6) is 0 Å². The van der Waals surface area contributed by atoms with Crippen molar-refractivity contribution in [3.8, 4) is 0 Å². The van der Waals surface area contributed by atoms with Crippen molar-refractivity contribution >= 4 is 11.2 Å². The maximum atomic E-state index is 11.6. The Labute approximate surface area is 73.5 Å². The standard InChI is InChI=1S/C7H13F3OS/c1-6(2)5-12(11)4-3-7(8,9)10/h6H,3-5H2,1-2H3. The molecule has 1 nitrogen and oxygen atoms in total. The van der Waals surface area contributed by atoms with E-state index in [9.17, 15) is 17.7 Å². The van der Waals surface area contributed by atoms with E-state index in [1.165, 1.54) is 0 Å². The highest BCUT2D eigenvalue weighted by atomic mass is 32.2. The highest BCUT2D eigenvalue weighted by molar-refractivity contribution is 7.91. The predicted octanol–water partition coefficient (Wildman–Crippen LogP) is 2.34. The van der Waals surface area contributed by atoms with Gasteiger partial charge in [-0.2, -0.15) is 13.2 Å². The molecule has 0 saturated heterocycles. The zero-order valence-corrected chi connectivity index (χ0v) is 7.97. The van der Waals surface area contributed by atoms with Crippen LogP contribution in [0.15, 0.2) is 0 Å². The van der Waals surface area contributed by atoms with Gasteiger partial charge < -0.3 is 4.55 Å². The number of rotatable bonds is 4. The molecule has 0 aromatic rings. The molecule has 0 rings (SSSR count). The van der Waals surface area contributed by atoms with Crippen LogP contribution in [0, 0.1) is 5.92 Å². The molecule has 0 aliphatic rings. The normalized spacial score (nSPS) is 15.2. The third kappa shape index (κ3) is 8.20. The third-order valence-electron chi connectivity index (χ3n) is 1.13. The maximum Gasteiger partial charge on any atom is 0.393 e. The highest BCUT2D eigenvalue weighted by Gasteiger charge is 2.29. The van der Waals surface area contributed by atoms with Crippen LogP contribution in [-0.4, -0.2) is 22.2 Å². The fraction of sp³-hybridized carbons (Fsp3) is 1.00. The van der Waals surface area contributed by atoms with Crippen LogP contribution in [0.25, 0.3) is 0 Å². The third-order valence-corrected chi connectivity index (χ3v) is 2.83. The van der Waals surface area contributed by atoms with E-state index in [1.54, 1.807) is 0 Å². The minimum absolute atomic E-state index is 0.194. The Morgan fingerprint density at radius 3 is 2.17 bits per heavy atom. The molecule has 0 N–H and O–H groups in total. The van der Waals surface area contributed by atoms with Crippen LogP contribution in [0.4, 0.5) is 13.2 Å². The van der Waals surface area contributed by atoms with Gasteiger partial charge in [-0.25, -0.2) is 0 Å². The quantitative estimate of drug-likeness (QED) is 0.642. The number of alkyl halides is 3. The van der Waals surface area contributed by atoms with Gasteiger partial charge in [0, 0.05) is 0 Å². The fourth-order valence-corrected chi connectivity index (χ4v) is 2.05. The second-order valence-corrected chi connectivity index (χ2v) is 4.69. The predicted molar refractivity (Wildman–Crippen MR) is 43.4 cm³/mol. The molecule has 12 heavy (non-hydrogen) atoms. The number of hydrogen-bond donors (Lipinski definition) is 0. The van der Waals surface area contributed by atoms with Gasteiger partial charge in [0.2, 0.25) is 0 Å². The minimum atomic E-state index is -4.17. The average Bonchev–Trinajstić information content (AvgIpc) is 1.80. The summed E-state index contributed by atoms with van der Waals surface area (Å²) >= 11 is -1.32. The van der Waals surface area contributed by atoms with Gasteiger partial charge >= 0.3 is 6.18 Å². The van der Waals surface area contributed by atoms with Gasteiger partial charge in [0.25, 0.3) is 0 Å². The minimum Gasteiger partial charge on any atom is -0.616 e. The van der Waals surface area contributed by atoms with Gasteiger partial charge in [-0.15, -0.1) is 0 Å². The molecule has 0 radical (unpaired) electrons. The molecule has 0 aliphatic carbocycles. The van der Waals surface area contributed by atoms with Crippen LogP contribution in [0.3, 0.4) is 0 Å². The summed E-state index contributed by atoms with van der Waals surface area (Å²) in [5.74, 6) is 0.289. The van der Waals surface area contributed by atoms with E-state index >= 15 is 0 Å². The van der Waals surface area contributed by atoms with E-state index in [2.05, 4.69) is 0 Å². The van der Waals surface area contributed by atoms with Gasteiger partial charge in [-0.3, -0.25) is 0 Å². The van der Waals surface area contributed by atoms with Gasteiger partial charge in [-0.1, -0.05) is 25.0 Å². The van der Waals surface area contributed by atoms with Gasteiger partial charge in [-0.05, 0) is 5.92 Å². The van der Waals surface area contributed by atoms with E-state index in [4.69, 9.17) is 0 Å². The van der Waals surface area contributed by atoms with Crippen LogP contribution < -0.4 is 0 Å². The van der Waals surface area contributed by atoms with Crippen LogP contribution in [-0.2, 0) is 11.2 Å². The Morgan fingerprint density at radius 1 is 1.33 bits per heavy atom. The Hall–Kier alpha value is 0.100. The van der Waals surface area contributed by atoms with Crippen molar-refractivity contribution in [1.29, 1.82) is 0 Å². The van der Waals surface area contributed by atoms with Crippen molar-refractivity contribution in [3.63, 3.8) is 0 Å². The fourth-order valence-electron chi connectivity index (χ4n) is 0.685. The molecule has 0 fully saturated rings. The number of halogens is 3. The molecule has 5 heteroatoms. The smallest absolute Gasteiger partial charge is 0.393 e. The van der Waals surface area contributed by atoms with Crippen molar-refractivity contribution in [1.82, 2.24) is 0 Å². The summed E-state index contributed by atoms with van der Waals surface area (Å²) in [7, 11) is 0. The summed E-state index contributed by atoms with van der Waals surface area (Å²) in [6, 6.07) is 0. The highest BCUT2D eigenvalue weighted by Crippen LogP contribution is 2.20. The SMILES string of the molecule is CC(C)C[S+]([O-])CCC(F)(F)F. The molecule has 0 heterocycles. The monoisotopic (exact) mass is 202 g/mol. The molecule has 0 amide bonds. The van der Waals surface area contributed by atoms with Gasteiger partial charge in [0.05, 0.1) is 6.42 Å². The van der Waals surface area contributed by atoms with Gasteiger partial charge in [0.15, 0.2) is 0 Å². The summed E-state index contributed by atoms with van der Waals surface area (Å²) in [5.41, 5.74) is 0. The van der Waals surface area contributed by atoms with Crippen molar-refractivity contribution in [2.45, 2.75) is 26.4 Å². The Morgan fingerprint density at radius 2 is 1.83 bits per heavy atom. The molecule has 74 valence electrons. The summed E-state index contributed by atoms with van der Waals surface area (Å²) in [6.45, 7) is 3.68. The van der Waals surface area contributed by atoms with Crippen LogP contribution in [0.2, 0.25) is 0 Å². The first-order valence-electron chi connectivity index (χ1n) is 3.73. The summed E-state index contributed by atoms with van der Waals surface area (Å²) in [4.78, 5) is 0. The first kappa shape index (κ1) is 12.1. The Bertz CT molecular complexity index is 124. The van der Waals surface area contributed by atoms with Crippen LogP contribution >= 0.6 is 0 Å². The molecule has 0 aromatic heterocycles. The van der Waals surface area contributed by atoms with Crippen molar-refractivity contribution in [2.24, 2.45) is 5.92 Å². The molecular weight excluding hydrogens is 189 g/mol. The summed E-state index contributed by atoms with van der Waals surface area (Å²) in [5, 5.41) is 0. The Kier molecular flexibility index (Phi) is 5.01. The average molecular weight is 202 g/mol. The first-order valence-corrected chi connectivity index (χ1v) is 5.22. The Balaban J connectivity index is 3.51. The van der Waals surface area contributed by atoms with E-state index < -0.39 is 23.8 Å². The lowest BCUT2D eigenvalue weighted by Gasteiger charge is -2.13. The van der Waals surface area contributed by atoms with Crippen molar-refractivity contribution < 1.29 is 17.7 Å². The van der Waals surface area contributed by atoms with E-state index in [0.29, 0.717) is 5.75 Å². The molecule has 1 unspecified atom stereocenters. The molecule has 0 bridgehead atoms. The molecule has 0 aromatic carbocycles. The van der Waals surface area contributed by atoms with E-state index in [-0.39, 0.29) is 11.7 Å². The molecule has 0 saturated carbocycles. The molecule has 0 spiro atoms. The van der Waals surface area contributed by atoms with E-state index in [0.717, 1.165) is 0 Å². The van der Waals surface area contributed by atoms with Crippen molar-refractivity contribution in [3.05, 3.63) is 0 Å². The van der Waals surface area contributed by atoms with Gasteiger partial charge in [0.1, 0.15) is 11.5 Å². The molecular formula is C7H13F3OS. The van der Waals surface area contributed by atoms with Crippen molar-refractivity contribution in [2.75, 3.05) is 11.5 Å². The zero-order valence-electron chi connectivity index (χ0n) is 7.15. The second-order valence-electron chi connectivity index (χ2n) is 3.07. The lowest BCUT2D eigenvalue weighted by atomic mass is 10.3. The summed E-state index contributed by atoms with van der Waals surface area (Å²) in [6.07, 6.45) is -5.11. The summed E-state index contributed by atoms with van der Waals surface area (Å²) < 4.78 is 45.8.